The number of rotatable bonds is 4. The summed E-state index contributed by atoms with van der Waals surface area (Å²) in [5, 5.41) is 9.63. The molecule has 28 heavy (non-hydrogen) atoms. The molecule has 0 radical (unpaired) electrons. The highest BCUT2D eigenvalue weighted by atomic mass is 32.1. The number of benzene rings is 1. The van der Waals surface area contributed by atoms with Crippen molar-refractivity contribution in [1.29, 1.82) is 0 Å². The van der Waals surface area contributed by atoms with Gasteiger partial charge in [-0.3, -0.25) is 19.3 Å². The lowest BCUT2D eigenvalue weighted by Gasteiger charge is -2.32. The van der Waals surface area contributed by atoms with E-state index in [-0.39, 0.29) is 48.8 Å². The van der Waals surface area contributed by atoms with Crippen LogP contribution in [0.25, 0.3) is 10.6 Å². The van der Waals surface area contributed by atoms with Gasteiger partial charge in [0.05, 0.1) is 0 Å². The Morgan fingerprint density at radius 2 is 1.93 bits per heavy atom. The number of amides is 3. The molecule has 0 aliphatic carbocycles. The van der Waals surface area contributed by atoms with Crippen molar-refractivity contribution >= 4 is 29.1 Å². The summed E-state index contributed by atoms with van der Waals surface area (Å²) in [4.78, 5) is 38.8. The van der Waals surface area contributed by atoms with Crippen LogP contribution in [0.15, 0.2) is 24.3 Å². The van der Waals surface area contributed by atoms with Crippen LogP contribution in [0.5, 0.6) is 0 Å². The zero-order chi connectivity index (χ0) is 19.7. The van der Waals surface area contributed by atoms with E-state index in [4.69, 9.17) is 0 Å². The van der Waals surface area contributed by atoms with Crippen molar-refractivity contribution in [1.82, 2.24) is 20.0 Å². The minimum absolute atomic E-state index is 0.0145. The fourth-order valence-electron chi connectivity index (χ4n) is 3.58. The van der Waals surface area contributed by atoms with Gasteiger partial charge in [0.25, 0.3) is 0 Å². The van der Waals surface area contributed by atoms with Crippen LogP contribution >= 0.6 is 11.3 Å². The van der Waals surface area contributed by atoms with E-state index in [9.17, 15) is 18.8 Å². The Kier molecular flexibility index (Phi) is 5.17. The topological polar surface area (TPSA) is 83.5 Å². The molecule has 9 heteroatoms. The van der Waals surface area contributed by atoms with Gasteiger partial charge >= 0.3 is 0 Å². The van der Waals surface area contributed by atoms with Gasteiger partial charge in [-0.15, -0.1) is 10.2 Å². The van der Waals surface area contributed by atoms with Crippen LogP contribution in [-0.4, -0.2) is 57.4 Å². The highest BCUT2D eigenvalue weighted by Crippen LogP contribution is 2.33. The minimum Gasteiger partial charge on any atom is -0.340 e. The molecule has 2 saturated heterocycles. The van der Waals surface area contributed by atoms with Gasteiger partial charge in [0.1, 0.15) is 17.4 Å². The first kappa shape index (κ1) is 18.7. The first-order valence-corrected chi connectivity index (χ1v) is 10.0. The van der Waals surface area contributed by atoms with E-state index in [2.05, 4.69) is 10.2 Å². The maximum atomic E-state index is 14.0. The van der Waals surface area contributed by atoms with Crippen LogP contribution in [0.2, 0.25) is 0 Å². The molecule has 1 atom stereocenters. The van der Waals surface area contributed by atoms with E-state index in [1.807, 2.05) is 0 Å². The summed E-state index contributed by atoms with van der Waals surface area (Å²) in [5.41, 5.74) is 0.418. The second-order valence-corrected chi connectivity index (χ2v) is 7.99. The number of halogens is 1. The lowest BCUT2D eigenvalue weighted by molar-refractivity contribution is -0.146. The summed E-state index contributed by atoms with van der Waals surface area (Å²) in [5.74, 6) is -1.13. The zero-order valence-corrected chi connectivity index (χ0v) is 16.0. The third-order valence-corrected chi connectivity index (χ3v) is 6.24. The van der Waals surface area contributed by atoms with E-state index in [0.29, 0.717) is 23.7 Å². The maximum Gasteiger partial charge on any atom is 0.242 e. The van der Waals surface area contributed by atoms with Crippen LogP contribution < -0.4 is 0 Å². The average molecular weight is 402 g/mol. The van der Waals surface area contributed by atoms with E-state index in [1.54, 1.807) is 23.1 Å². The Morgan fingerprint density at radius 1 is 1.18 bits per heavy atom. The lowest BCUT2D eigenvalue weighted by atomic mass is 9.99. The molecule has 0 unspecified atom stereocenters. The van der Waals surface area contributed by atoms with Crippen molar-refractivity contribution in [3.05, 3.63) is 35.1 Å². The van der Waals surface area contributed by atoms with Gasteiger partial charge in [0.2, 0.25) is 17.7 Å². The van der Waals surface area contributed by atoms with E-state index >= 15 is 0 Å². The van der Waals surface area contributed by atoms with Gasteiger partial charge in [-0.25, -0.2) is 4.39 Å². The Hall–Kier alpha value is -2.68. The Balaban J connectivity index is 1.44. The first-order chi connectivity index (χ1) is 13.5. The molecule has 146 valence electrons. The fraction of sp³-hybridized carbons (Fsp3) is 0.421. The Bertz CT molecular complexity index is 915. The summed E-state index contributed by atoms with van der Waals surface area (Å²) in [6.07, 6.45) is 2.01. The summed E-state index contributed by atoms with van der Waals surface area (Å²) in [6, 6.07) is 6.43. The maximum absolute atomic E-state index is 14.0. The van der Waals surface area contributed by atoms with Crippen LogP contribution in [-0.2, 0) is 14.4 Å². The number of hydrogen-bond donors (Lipinski definition) is 0. The summed E-state index contributed by atoms with van der Waals surface area (Å²) < 4.78 is 14.0. The highest BCUT2D eigenvalue weighted by molar-refractivity contribution is 7.14. The molecule has 0 saturated carbocycles. The van der Waals surface area contributed by atoms with Crippen LogP contribution in [0, 0.1) is 5.82 Å². The summed E-state index contributed by atoms with van der Waals surface area (Å²) >= 11 is 1.34. The van der Waals surface area contributed by atoms with Crippen LogP contribution in [0.3, 0.4) is 0 Å². The van der Waals surface area contributed by atoms with Crippen molar-refractivity contribution in [2.75, 3.05) is 19.6 Å². The number of hydrogen-bond acceptors (Lipinski definition) is 6. The number of nitrogens with zero attached hydrogens (tertiary/aromatic N) is 4. The number of aromatic nitrogens is 2. The summed E-state index contributed by atoms with van der Waals surface area (Å²) in [6.45, 7) is 0.854. The smallest absolute Gasteiger partial charge is 0.242 e. The second kappa shape index (κ2) is 7.75. The predicted octanol–water partition coefficient (Wildman–Crippen LogP) is 2.20. The standard InChI is InChI=1S/C19H19FN4O3S/c20-14-6-2-1-5-13(14)19-22-21-18(28-19)12-4-3-9-23(10-12)17(27)11-24-15(25)7-8-16(24)26/h1-2,5-6,12H,3-4,7-11H2/t12-/m0/s1. The highest BCUT2D eigenvalue weighted by Gasteiger charge is 2.34. The molecule has 0 spiro atoms. The van der Waals surface area contributed by atoms with Crippen LogP contribution in [0.4, 0.5) is 4.39 Å². The van der Waals surface area contributed by atoms with Crippen molar-refractivity contribution in [2.45, 2.75) is 31.6 Å². The molecule has 3 heterocycles. The molecule has 2 aromatic rings. The molecule has 1 aromatic heterocycles. The quantitative estimate of drug-likeness (QED) is 0.732. The number of piperidine rings is 1. The van der Waals surface area contributed by atoms with Gasteiger partial charge in [-0.05, 0) is 25.0 Å². The third-order valence-electron chi connectivity index (χ3n) is 5.12. The largest absolute Gasteiger partial charge is 0.340 e. The molecule has 7 nitrogen and oxygen atoms in total. The molecular weight excluding hydrogens is 383 g/mol. The molecule has 3 amide bonds. The molecule has 4 rings (SSSR count). The molecule has 2 aliphatic rings. The molecule has 1 aromatic carbocycles. The Labute approximate surface area is 165 Å². The molecule has 2 aliphatic heterocycles. The zero-order valence-electron chi connectivity index (χ0n) is 15.1. The third kappa shape index (κ3) is 3.66. The van der Waals surface area contributed by atoms with E-state index in [0.717, 1.165) is 22.7 Å². The van der Waals surface area contributed by atoms with Crippen molar-refractivity contribution in [2.24, 2.45) is 0 Å². The van der Waals surface area contributed by atoms with Gasteiger partial charge < -0.3 is 4.90 Å². The number of imide groups is 1. The lowest BCUT2D eigenvalue weighted by Crippen LogP contribution is -2.45. The first-order valence-electron chi connectivity index (χ1n) is 9.22. The van der Waals surface area contributed by atoms with Gasteiger partial charge in [-0.2, -0.15) is 0 Å². The van der Waals surface area contributed by atoms with Crippen molar-refractivity contribution in [3.63, 3.8) is 0 Å². The normalized spacial score (nSPS) is 20.1. The molecule has 0 N–H and O–H groups in total. The van der Waals surface area contributed by atoms with Crippen molar-refractivity contribution < 1.29 is 18.8 Å². The fourth-order valence-corrected chi connectivity index (χ4v) is 4.58. The average Bonchev–Trinajstić information content (AvgIpc) is 3.31. The monoisotopic (exact) mass is 402 g/mol. The minimum atomic E-state index is -0.342. The SMILES string of the molecule is O=C(CN1C(=O)CCC1=O)N1CCC[C@H](c2nnc(-c3ccccc3F)s2)C1. The van der Waals surface area contributed by atoms with Gasteiger partial charge in [0.15, 0.2) is 5.01 Å². The van der Waals surface area contributed by atoms with Gasteiger partial charge in [0, 0.05) is 37.4 Å². The second-order valence-electron chi connectivity index (χ2n) is 6.98. The van der Waals surface area contributed by atoms with E-state index < -0.39 is 0 Å². The number of likely N-dealkylation sites (tertiary alicyclic amines) is 2. The number of carbonyl (C=O) groups is 3. The van der Waals surface area contributed by atoms with Gasteiger partial charge in [-0.1, -0.05) is 23.5 Å². The molecule has 0 bridgehead atoms. The molecular formula is C19H19FN4O3S. The van der Waals surface area contributed by atoms with Crippen LogP contribution in [0.1, 0.15) is 36.6 Å². The summed E-state index contributed by atoms with van der Waals surface area (Å²) in [7, 11) is 0. The Morgan fingerprint density at radius 3 is 2.68 bits per heavy atom. The van der Waals surface area contributed by atoms with E-state index in [1.165, 1.54) is 17.4 Å². The molecule has 2 fully saturated rings. The predicted molar refractivity (Wildman–Crippen MR) is 99.8 cm³/mol. The number of carbonyl (C=O) groups excluding carboxylic acids is 3. The van der Waals surface area contributed by atoms with Crippen molar-refractivity contribution in [3.8, 4) is 10.6 Å².